The van der Waals surface area contributed by atoms with Gasteiger partial charge in [0.2, 0.25) is 0 Å². The van der Waals surface area contributed by atoms with E-state index in [0.29, 0.717) is 17.0 Å². The van der Waals surface area contributed by atoms with Gasteiger partial charge in [0.05, 0.1) is 17.3 Å². The average Bonchev–Trinajstić information content (AvgIpc) is 2.77. The molecule has 0 fully saturated rings. The van der Waals surface area contributed by atoms with Crippen LogP contribution < -0.4 is 15.4 Å². The number of ether oxygens (including phenoxy) is 1. The van der Waals surface area contributed by atoms with Crippen molar-refractivity contribution < 1.29 is 14.3 Å². The fraction of sp³-hybridized carbons (Fsp3) is 0.231. The minimum atomic E-state index is -0.722. The number of nitrogens with one attached hydrogen (secondary N) is 2. The Hall–Kier alpha value is -3.60. The molecule has 160 valence electrons. The molecule has 31 heavy (non-hydrogen) atoms. The average molecular weight is 417 g/mol. The highest BCUT2D eigenvalue weighted by Crippen LogP contribution is 2.22. The van der Waals surface area contributed by atoms with Gasteiger partial charge in [0.1, 0.15) is 5.75 Å². The predicted molar refractivity (Wildman–Crippen MR) is 123 cm³/mol. The smallest absolute Gasteiger partial charge is 0.265 e. The maximum absolute atomic E-state index is 12.9. The largest absolute Gasteiger partial charge is 0.481 e. The van der Waals surface area contributed by atoms with Crippen molar-refractivity contribution in [2.75, 3.05) is 5.32 Å². The molecule has 0 saturated carbocycles. The minimum absolute atomic E-state index is 0.163. The number of anilines is 1. The first-order chi connectivity index (χ1) is 14.8. The predicted octanol–water partition coefficient (Wildman–Crippen LogP) is 5.20. The lowest BCUT2D eigenvalue weighted by molar-refractivity contribution is -0.122. The Balaban J connectivity index is 1.70. The van der Waals surface area contributed by atoms with Crippen molar-refractivity contribution in [1.29, 1.82) is 0 Å². The molecule has 0 spiro atoms. The maximum atomic E-state index is 12.9. The van der Waals surface area contributed by atoms with Crippen LogP contribution in [-0.4, -0.2) is 17.9 Å². The Bertz CT molecular complexity index is 1060. The van der Waals surface area contributed by atoms with Crippen LogP contribution in [0.25, 0.3) is 0 Å². The number of hydrogen-bond donors (Lipinski definition) is 2. The highest BCUT2D eigenvalue weighted by molar-refractivity contribution is 6.04. The summed E-state index contributed by atoms with van der Waals surface area (Å²) in [4.78, 5) is 25.6. The quantitative estimate of drug-likeness (QED) is 0.556. The summed E-state index contributed by atoms with van der Waals surface area (Å²) in [6.45, 7) is 7.53. The highest BCUT2D eigenvalue weighted by Gasteiger charge is 2.20. The Morgan fingerprint density at radius 1 is 0.871 bits per heavy atom. The number of carbonyl (C=O) groups is 2. The van der Waals surface area contributed by atoms with Gasteiger partial charge >= 0.3 is 0 Å². The van der Waals surface area contributed by atoms with Gasteiger partial charge in [-0.2, -0.15) is 0 Å². The van der Waals surface area contributed by atoms with Gasteiger partial charge in [-0.3, -0.25) is 9.59 Å². The van der Waals surface area contributed by atoms with Crippen molar-refractivity contribution in [1.82, 2.24) is 5.32 Å². The third kappa shape index (κ3) is 5.72. The fourth-order valence-electron chi connectivity index (χ4n) is 3.20. The molecule has 0 saturated heterocycles. The molecule has 3 rings (SSSR count). The molecule has 3 aromatic rings. The molecule has 0 aliphatic heterocycles. The summed E-state index contributed by atoms with van der Waals surface area (Å²) in [5.74, 6) is 0.0954. The Morgan fingerprint density at radius 3 is 2.29 bits per heavy atom. The number of rotatable bonds is 7. The molecule has 0 radical (unpaired) electrons. The number of aryl methyl sites for hydroxylation is 2. The second kappa shape index (κ2) is 9.94. The highest BCUT2D eigenvalue weighted by atomic mass is 16.5. The van der Waals surface area contributed by atoms with Gasteiger partial charge in [-0.25, -0.2) is 0 Å². The molecule has 2 unspecified atom stereocenters. The van der Waals surface area contributed by atoms with E-state index in [9.17, 15) is 9.59 Å². The number of amides is 2. The Labute approximate surface area is 183 Å². The van der Waals surface area contributed by atoms with E-state index in [2.05, 4.69) is 10.6 Å². The van der Waals surface area contributed by atoms with Crippen LogP contribution in [0.15, 0.2) is 72.8 Å². The number of para-hydroxylation sites is 1. The summed E-state index contributed by atoms with van der Waals surface area (Å²) in [7, 11) is 0. The first-order valence-corrected chi connectivity index (χ1v) is 10.3. The van der Waals surface area contributed by atoms with E-state index < -0.39 is 6.10 Å². The molecule has 2 amide bonds. The van der Waals surface area contributed by atoms with Crippen LogP contribution in [0.3, 0.4) is 0 Å². The Morgan fingerprint density at radius 2 is 1.55 bits per heavy atom. The van der Waals surface area contributed by atoms with Gasteiger partial charge < -0.3 is 15.4 Å². The molecule has 2 N–H and O–H groups in total. The molecule has 0 aliphatic rings. The molecule has 3 aromatic carbocycles. The molecule has 2 atom stereocenters. The zero-order valence-electron chi connectivity index (χ0n) is 18.3. The first-order valence-electron chi connectivity index (χ1n) is 10.3. The van der Waals surface area contributed by atoms with Crippen molar-refractivity contribution in [3.63, 3.8) is 0 Å². The molecular formula is C26H28N2O3. The standard InChI is InChI=1S/C26H28N2O3/c1-17-14-15-18(2)24(16-17)31-20(4)25(29)28-23-13-9-8-12-22(23)26(30)27-19(3)21-10-6-5-7-11-21/h5-16,19-20H,1-4H3,(H,27,30)(H,28,29). The summed E-state index contributed by atoms with van der Waals surface area (Å²) in [5, 5.41) is 5.82. The van der Waals surface area contributed by atoms with Crippen LogP contribution in [0.1, 0.15) is 46.9 Å². The van der Waals surface area contributed by atoms with Crippen molar-refractivity contribution in [2.45, 2.75) is 39.8 Å². The molecular weight excluding hydrogens is 388 g/mol. The van der Waals surface area contributed by atoms with Gasteiger partial charge in [0.15, 0.2) is 6.10 Å². The summed E-state index contributed by atoms with van der Waals surface area (Å²) in [5.41, 5.74) is 3.87. The van der Waals surface area contributed by atoms with Gasteiger partial charge in [-0.15, -0.1) is 0 Å². The van der Waals surface area contributed by atoms with Crippen LogP contribution in [0.2, 0.25) is 0 Å². The maximum Gasteiger partial charge on any atom is 0.265 e. The topological polar surface area (TPSA) is 67.4 Å². The molecule has 5 nitrogen and oxygen atoms in total. The van der Waals surface area contributed by atoms with Gasteiger partial charge in [0, 0.05) is 0 Å². The van der Waals surface area contributed by atoms with Crippen LogP contribution in [-0.2, 0) is 4.79 Å². The molecule has 0 bridgehead atoms. The van der Waals surface area contributed by atoms with E-state index in [0.717, 1.165) is 16.7 Å². The normalized spacial score (nSPS) is 12.5. The number of benzene rings is 3. The first kappa shape index (κ1) is 22.1. The Kier molecular flexibility index (Phi) is 7.08. The van der Waals surface area contributed by atoms with E-state index in [1.54, 1.807) is 31.2 Å². The van der Waals surface area contributed by atoms with Crippen LogP contribution in [0.4, 0.5) is 5.69 Å². The summed E-state index contributed by atoms with van der Waals surface area (Å²) >= 11 is 0. The molecule has 5 heteroatoms. The fourth-order valence-corrected chi connectivity index (χ4v) is 3.20. The van der Waals surface area contributed by atoms with Crippen molar-refractivity contribution in [3.05, 3.63) is 95.1 Å². The van der Waals surface area contributed by atoms with Crippen molar-refractivity contribution in [2.24, 2.45) is 0 Å². The van der Waals surface area contributed by atoms with E-state index in [1.165, 1.54) is 0 Å². The van der Waals surface area contributed by atoms with Crippen LogP contribution in [0.5, 0.6) is 5.75 Å². The molecule has 0 aliphatic carbocycles. The SMILES string of the molecule is Cc1ccc(C)c(OC(C)C(=O)Nc2ccccc2C(=O)NC(C)c2ccccc2)c1. The van der Waals surface area contributed by atoms with E-state index in [-0.39, 0.29) is 17.9 Å². The monoisotopic (exact) mass is 416 g/mol. The third-order valence-corrected chi connectivity index (χ3v) is 5.09. The lowest BCUT2D eigenvalue weighted by atomic mass is 10.1. The van der Waals surface area contributed by atoms with Gasteiger partial charge in [-0.1, -0.05) is 54.6 Å². The van der Waals surface area contributed by atoms with E-state index in [4.69, 9.17) is 4.74 Å². The lowest BCUT2D eigenvalue weighted by Crippen LogP contribution is -2.32. The molecule has 0 aromatic heterocycles. The second-order valence-corrected chi connectivity index (χ2v) is 7.67. The van der Waals surface area contributed by atoms with Crippen molar-refractivity contribution in [3.8, 4) is 5.75 Å². The van der Waals surface area contributed by atoms with Crippen LogP contribution in [0, 0.1) is 13.8 Å². The second-order valence-electron chi connectivity index (χ2n) is 7.67. The summed E-state index contributed by atoms with van der Waals surface area (Å²) in [6.07, 6.45) is -0.722. The van der Waals surface area contributed by atoms with E-state index >= 15 is 0 Å². The zero-order valence-corrected chi connectivity index (χ0v) is 18.3. The lowest BCUT2D eigenvalue weighted by Gasteiger charge is -2.19. The van der Waals surface area contributed by atoms with Gasteiger partial charge in [0.25, 0.3) is 11.8 Å². The third-order valence-electron chi connectivity index (χ3n) is 5.09. The number of carbonyl (C=O) groups excluding carboxylic acids is 2. The van der Waals surface area contributed by atoms with Crippen LogP contribution >= 0.6 is 0 Å². The minimum Gasteiger partial charge on any atom is -0.481 e. The molecule has 0 heterocycles. The number of hydrogen-bond acceptors (Lipinski definition) is 3. The van der Waals surface area contributed by atoms with Crippen molar-refractivity contribution >= 4 is 17.5 Å². The van der Waals surface area contributed by atoms with Gasteiger partial charge in [-0.05, 0) is 62.6 Å². The van der Waals surface area contributed by atoms with E-state index in [1.807, 2.05) is 69.3 Å². The zero-order chi connectivity index (χ0) is 22.4. The summed E-state index contributed by atoms with van der Waals surface area (Å²) in [6, 6.07) is 22.4. The summed E-state index contributed by atoms with van der Waals surface area (Å²) < 4.78 is 5.87.